The average Bonchev–Trinajstić information content (AvgIpc) is 3.40. The minimum Gasteiger partial charge on any atom is -0.352 e. The number of halogens is 1. The lowest BCUT2D eigenvalue weighted by Crippen LogP contribution is -2.25. The van der Waals surface area contributed by atoms with Gasteiger partial charge in [-0.15, -0.1) is 0 Å². The van der Waals surface area contributed by atoms with Crippen LogP contribution in [0.15, 0.2) is 79.4 Å². The lowest BCUT2D eigenvalue weighted by atomic mass is 10.2. The van der Waals surface area contributed by atoms with Gasteiger partial charge in [-0.3, -0.25) is 9.48 Å². The number of aromatic nitrogens is 4. The van der Waals surface area contributed by atoms with E-state index in [1.165, 1.54) is 0 Å². The van der Waals surface area contributed by atoms with Crippen LogP contribution in [0.1, 0.15) is 21.5 Å². The summed E-state index contributed by atoms with van der Waals surface area (Å²) in [6.07, 6.45) is 7.79. The van der Waals surface area contributed by atoms with E-state index in [-0.39, 0.29) is 5.91 Å². The minimum absolute atomic E-state index is 0.147. The molecule has 0 aliphatic rings. The number of carbonyl (C=O) groups is 1. The summed E-state index contributed by atoms with van der Waals surface area (Å²) in [5, 5.41) is 12.2. The Morgan fingerprint density at radius 2 is 1.76 bits per heavy atom. The summed E-state index contributed by atoms with van der Waals surface area (Å²) in [6, 6.07) is 17.5. The van der Waals surface area contributed by atoms with Crippen LogP contribution in [-0.4, -0.2) is 32.0 Å². The zero-order valence-corrected chi connectivity index (χ0v) is 16.5. The molecule has 4 rings (SSSR count). The zero-order chi connectivity index (χ0) is 20.1. The van der Waals surface area contributed by atoms with E-state index in [1.807, 2.05) is 71.7 Å². The second kappa shape index (κ2) is 8.75. The van der Waals surface area contributed by atoms with Crippen LogP contribution in [0.2, 0.25) is 5.02 Å². The molecule has 0 bridgehead atoms. The summed E-state index contributed by atoms with van der Waals surface area (Å²) in [7, 11) is 0. The van der Waals surface area contributed by atoms with E-state index < -0.39 is 0 Å². The molecule has 0 spiro atoms. The number of hydrogen-bond acceptors (Lipinski definition) is 3. The molecule has 0 saturated heterocycles. The van der Waals surface area contributed by atoms with Gasteiger partial charge in [0, 0.05) is 24.0 Å². The third-order valence-electron chi connectivity index (χ3n) is 4.54. The fraction of sp³-hybridized carbons (Fsp3) is 0.136. The Morgan fingerprint density at radius 3 is 2.59 bits per heavy atom. The molecule has 2 aromatic carbocycles. The smallest absolute Gasteiger partial charge is 0.254 e. The van der Waals surface area contributed by atoms with E-state index in [4.69, 9.17) is 11.6 Å². The van der Waals surface area contributed by atoms with Gasteiger partial charge in [0.2, 0.25) is 0 Å². The Labute approximate surface area is 173 Å². The quantitative estimate of drug-likeness (QED) is 0.509. The van der Waals surface area contributed by atoms with E-state index in [1.54, 1.807) is 17.1 Å². The monoisotopic (exact) mass is 405 g/mol. The van der Waals surface area contributed by atoms with Crippen molar-refractivity contribution in [1.29, 1.82) is 0 Å². The van der Waals surface area contributed by atoms with Crippen LogP contribution in [0.3, 0.4) is 0 Å². The molecule has 0 aliphatic carbocycles. The second-order valence-electron chi connectivity index (χ2n) is 6.65. The highest BCUT2D eigenvalue weighted by atomic mass is 35.5. The van der Waals surface area contributed by atoms with Gasteiger partial charge in [0.25, 0.3) is 5.91 Å². The molecule has 2 heterocycles. The molecule has 0 saturated carbocycles. The first-order valence-electron chi connectivity index (χ1n) is 9.32. The first-order chi connectivity index (χ1) is 14.2. The molecule has 6 nitrogen and oxygen atoms in total. The fourth-order valence-corrected chi connectivity index (χ4v) is 3.20. The average molecular weight is 406 g/mol. The molecule has 0 unspecified atom stereocenters. The van der Waals surface area contributed by atoms with Crippen molar-refractivity contribution in [2.45, 2.75) is 13.0 Å². The van der Waals surface area contributed by atoms with Gasteiger partial charge in [-0.1, -0.05) is 48.0 Å². The predicted octanol–water partition coefficient (Wildman–Crippen LogP) is 3.74. The highest BCUT2D eigenvalue weighted by molar-refractivity contribution is 6.31. The zero-order valence-electron chi connectivity index (χ0n) is 15.7. The number of hydrogen-bond donors (Lipinski definition) is 1. The lowest BCUT2D eigenvalue weighted by molar-refractivity contribution is 0.0954. The standard InChI is InChI=1S/C22H20ClN5O/c23-21-9-5-4-6-18(21)15-27-16-19(13-25-27)22(29)24-11-10-17-12-26-28(14-17)20-7-2-1-3-8-20/h1-9,12-14,16H,10-11,15H2,(H,24,29). The number of nitrogens with one attached hydrogen (secondary N) is 1. The van der Waals surface area contributed by atoms with Crippen molar-refractivity contribution in [3.05, 3.63) is 101 Å². The van der Waals surface area contributed by atoms with Crippen LogP contribution in [0, 0.1) is 0 Å². The summed E-state index contributed by atoms with van der Waals surface area (Å²) in [6.45, 7) is 1.04. The fourth-order valence-electron chi connectivity index (χ4n) is 3.00. The van der Waals surface area contributed by atoms with Crippen LogP contribution < -0.4 is 5.32 Å². The number of nitrogens with zero attached hydrogens (tertiary/aromatic N) is 4. The van der Waals surface area contributed by atoms with Gasteiger partial charge in [0.1, 0.15) is 0 Å². The van der Waals surface area contributed by atoms with E-state index >= 15 is 0 Å². The Bertz CT molecular complexity index is 1100. The topological polar surface area (TPSA) is 64.7 Å². The van der Waals surface area contributed by atoms with Crippen molar-refractivity contribution in [1.82, 2.24) is 24.9 Å². The maximum absolute atomic E-state index is 12.4. The minimum atomic E-state index is -0.147. The third kappa shape index (κ3) is 4.73. The molecule has 29 heavy (non-hydrogen) atoms. The number of benzene rings is 2. The van der Waals surface area contributed by atoms with Gasteiger partial charge >= 0.3 is 0 Å². The van der Waals surface area contributed by atoms with Crippen molar-refractivity contribution >= 4 is 17.5 Å². The Balaban J connectivity index is 1.30. The summed E-state index contributed by atoms with van der Waals surface area (Å²) in [4.78, 5) is 12.4. The SMILES string of the molecule is O=C(NCCc1cnn(-c2ccccc2)c1)c1cnn(Cc2ccccc2Cl)c1. The maximum Gasteiger partial charge on any atom is 0.254 e. The summed E-state index contributed by atoms with van der Waals surface area (Å²) >= 11 is 6.18. The molecular weight excluding hydrogens is 386 g/mol. The summed E-state index contributed by atoms with van der Waals surface area (Å²) in [5.41, 5.74) is 3.55. The summed E-state index contributed by atoms with van der Waals surface area (Å²) < 4.78 is 3.54. The van der Waals surface area contributed by atoms with Crippen LogP contribution in [-0.2, 0) is 13.0 Å². The molecule has 1 N–H and O–H groups in total. The number of carbonyl (C=O) groups excluding carboxylic acids is 1. The van der Waals surface area contributed by atoms with Crippen molar-refractivity contribution in [2.75, 3.05) is 6.54 Å². The molecule has 1 amide bonds. The molecule has 146 valence electrons. The normalized spacial score (nSPS) is 10.8. The lowest BCUT2D eigenvalue weighted by Gasteiger charge is -2.04. The molecule has 0 atom stereocenters. The van der Waals surface area contributed by atoms with Gasteiger partial charge < -0.3 is 5.32 Å². The van der Waals surface area contributed by atoms with Gasteiger partial charge in [-0.25, -0.2) is 4.68 Å². The van der Waals surface area contributed by atoms with Gasteiger partial charge in [-0.05, 0) is 35.7 Å². The van der Waals surface area contributed by atoms with E-state index in [2.05, 4.69) is 15.5 Å². The molecule has 2 aromatic heterocycles. The molecule has 7 heteroatoms. The highest BCUT2D eigenvalue weighted by Crippen LogP contribution is 2.16. The Morgan fingerprint density at radius 1 is 0.966 bits per heavy atom. The number of amides is 1. The van der Waals surface area contributed by atoms with Crippen LogP contribution >= 0.6 is 11.6 Å². The second-order valence-corrected chi connectivity index (χ2v) is 7.06. The maximum atomic E-state index is 12.4. The Hall–Kier alpha value is -3.38. The Kier molecular flexibility index (Phi) is 5.72. The number of para-hydroxylation sites is 1. The molecule has 0 aliphatic heterocycles. The molecule has 4 aromatic rings. The van der Waals surface area contributed by atoms with Gasteiger partial charge in [-0.2, -0.15) is 10.2 Å². The predicted molar refractivity (Wildman–Crippen MR) is 112 cm³/mol. The molecular formula is C22H20ClN5O. The van der Waals surface area contributed by atoms with Gasteiger partial charge in [0.05, 0.1) is 30.2 Å². The molecule has 0 fully saturated rings. The number of rotatable bonds is 7. The highest BCUT2D eigenvalue weighted by Gasteiger charge is 2.10. The van der Waals surface area contributed by atoms with Crippen molar-refractivity contribution in [3.63, 3.8) is 0 Å². The van der Waals surface area contributed by atoms with Crippen molar-refractivity contribution in [3.8, 4) is 5.69 Å². The van der Waals surface area contributed by atoms with Crippen LogP contribution in [0.5, 0.6) is 0 Å². The third-order valence-corrected chi connectivity index (χ3v) is 4.91. The van der Waals surface area contributed by atoms with E-state index in [9.17, 15) is 4.79 Å². The first-order valence-corrected chi connectivity index (χ1v) is 9.70. The summed E-state index contributed by atoms with van der Waals surface area (Å²) in [5.74, 6) is -0.147. The largest absolute Gasteiger partial charge is 0.352 e. The van der Waals surface area contributed by atoms with Gasteiger partial charge in [0.15, 0.2) is 0 Å². The van der Waals surface area contributed by atoms with Crippen molar-refractivity contribution in [2.24, 2.45) is 0 Å². The van der Waals surface area contributed by atoms with Crippen molar-refractivity contribution < 1.29 is 4.79 Å². The van der Waals surface area contributed by atoms with E-state index in [0.29, 0.717) is 30.1 Å². The van der Waals surface area contributed by atoms with Crippen LogP contribution in [0.25, 0.3) is 5.69 Å². The first kappa shape index (κ1) is 19.0. The van der Waals surface area contributed by atoms with Crippen LogP contribution in [0.4, 0.5) is 0 Å². The van der Waals surface area contributed by atoms with E-state index in [0.717, 1.165) is 16.8 Å². The molecule has 0 radical (unpaired) electrons.